The molecule has 1 aliphatic heterocycles. The summed E-state index contributed by atoms with van der Waals surface area (Å²) in [5.74, 6) is 0.737. The summed E-state index contributed by atoms with van der Waals surface area (Å²) in [6.45, 7) is 2.20. The van der Waals surface area contributed by atoms with Gasteiger partial charge in [-0.25, -0.2) is 9.97 Å². The normalized spacial score (nSPS) is 21.7. The number of nitrogens with one attached hydrogen (secondary N) is 1. The first-order chi connectivity index (χ1) is 7.31. The summed E-state index contributed by atoms with van der Waals surface area (Å²) >= 11 is 3.32. The summed E-state index contributed by atoms with van der Waals surface area (Å²) in [7, 11) is 1.91. The molecule has 1 N–H and O–H groups in total. The van der Waals surface area contributed by atoms with Crippen molar-refractivity contribution in [3.05, 3.63) is 16.9 Å². The Balaban J connectivity index is 2.16. The quantitative estimate of drug-likeness (QED) is 0.856. The summed E-state index contributed by atoms with van der Waals surface area (Å²) in [4.78, 5) is 10.7. The zero-order valence-electron chi connectivity index (χ0n) is 8.48. The number of hydrogen-bond donors (Lipinski definition) is 1. The van der Waals surface area contributed by atoms with Crippen LogP contribution in [0.15, 0.2) is 16.9 Å². The lowest BCUT2D eigenvalue weighted by molar-refractivity contribution is 0.0856. The summed E-state index contributed by atoms with van der Waals surface area (Å²) < 4.78 is 6.27. The molecule has 82 valence electrons. The molecular formula is C9H13BrN4O. The maximum Gasteiger partial charge on any atom is 0.226 e. The SMILES string of the molecule is CNC1COCCN1c1ncc(Br)cn1. The smallest absolute Gasteiger partial charge is 0.226 e. The lowest BCUT2D eigenvalue weighted by Gasteiger charge is -2.35. The lowest BCUT2D eigenvalue weighted by Crippen LogP contribution is -2.53. The minimum atomic E-state index is 0.153. The summed E-state index contributed by atoms with van der Waals surface area (Å²) in [6.07, 6.45) is 3.66. The van der Waals surface area contributed by atoms with Gasteiger partial charge in [-0.15, -0.1) is 0 Å². The molecule has 6 heteroatoms. The highest BCUT2D eigenvalue weighted by molar-refractivity contribution is 9.10. The van der Waals surface area contributed by atoms with Gasteiger partial charge in [0.1, 0.15) is 6.17 Å². The minimum Gasteiger partial charge on any atom is -0.376 e. The van der Waals surface area contributed by atoms with Gasteiger partial charge in [0.05, 0.1) is 17.7 Å². The van der Waals surface area contributed by atoms with Crippen LogP contribution in [0.5, 0.6) is 0 Å². The highest BCUT2D eigenvalue weighted by atomic mass is 79.9. The molecule has 2 heterocycles. The second-order valence-corrected chi connectivity index (χ2v) is 4.19. The van der Waals surface area contributed by atoms with Crippen molar-refractivity contribution < 1.29 is 4.74 Å². The Morgan fingerprint density at radius 2 is 2.27 bits per heavy atom. The highest BCUT2D eigenvalue weighted by Gasteiger charge is 2.23. The predicted octanol–water partition coefficient (Wildman–Crippen LogP) is 0.621. The third kappa shape index (κ3) is 2.45. The van der Waals surface area contributed by atoms with Gasteiger partial charge in [-0.2, -0.15) is 0 Å². The van der Waals surface area contributed by atoms with Crippen LogP contribution < -0.4 is 10.2 Å². The largest absolute Gasteiger partial charge is 0.376 e. The third-order valence-electron chi connectivity index (χ3n) is 2.33. The number of anilines is 1. The molecule has 1 aliphatic rings. The topological polar surface area (TPSA) is 50.3 Å². The van der Waals surface area contributed by atoms with Crippen molar-refractivity contribution in [3.8, 4) is 0 Å². The second kappa shape index (κ2) is 4.87. The van der Waals surface area contributed by atoms with E-state index < -0.39 is 0 Å². The third-order valence-corrected chi connectivity index (χ3v) is 2.73. The zero-order valence-corrected chi connectivity index (χ0v) is 10.1. The Labute approximate surface area is 97.0 Å². The molecule has 0 amide bonds. The Morgan fingerprint density at radius 1 is 1.53 bits per heavy atom. The molecule has 0 bridgehead atoms. The molecule has 0 aliphatic carbocycles. The van der Waals surface area contributed by atoms with E-state index in [1.54, 1.807) is 12.4 Å². The Bertz CT molecular complexity index is 318. The van der Waals surface area contributed by atoms with Crippen molar-refractivity contribution in [1.82, 2.24) is 15.3 Å². The Morgan fingerprint density at radius 3 is 2.93 bits per heavy atom. The van der Waals surface area contributed by atoms with Crippen molar-refractivity contribution in [2.75, 3.05) is 31.7 Å². The monoisotopic (exact) mass is 272 g/mol. The van der Waals surface area contributed by atoms with E-state index in [0.717, 1.165) is 23.6 Å². The van der Waals surface area contributed by atoms with Gasteiger partial charge in [-0.1, -0.05) is 0 Å². The van der Waals surface area contributed by atoms with E-state index in [-0.39, 0.29) is 6.17 Å². The number of morpholine rings is 1. The Hall–Kier alpha value is -0.720. The number of likely N-dealkylation sites (N-methyl/N-ethyl adjacent to an activating group) is 1. The van der Waals surface area contributed by atoms with Gasteiger partial charge in [0.15, 0.2) is 0 Å². The molecule has 0 spiro atoms. The molecule has 15 heavy (non-hydrogen) atoms. The van der Waals surface area contributed by atoms with Crippen molar-refractivity contribution in [2.45, 2.75) is 6.17 Å². The van der Waals surface area contributed by atoms with Crippen LogP contribution in [0.4, 0.5) is 5.95 Å². The minimum absolute atomic E-state index is 0.153. The zero-order chi connectivity index (χ0) is 10.7. The van der Waals surface area contributed by atoms with E-state index in [2.05, 4.69) is 36.1 Å². The predicted molar refractivity (Wildman–Crippen MR) is 60.7 cm³/mol. The maximum absolute atomic E-state index is 5.38. The summed E-state index contributed by atoms with van der Waals surface area (Å²) in [5.41, 5.74) is 0. The van der Waals surface area contributed by atoms with E-state index in [9.17, 15) is 0 Å². The molecule has 1 fully saturated rings. The van der Waals surface area contributed by atoms with Crippen LogP contribution in [0.2, 0.25) is 0 Å². The highest BCUT2D eigenvalue weighted by Crippen LogP contribution is 2.14. The number of nitrogens with zero attached hydrogens (tertiary/aromatic N) is 3. The maximum atomic E-state index is 5.38. The van der Waals surface area contributed by atoms with Gasteiger partial charge >= 0.3 is 0 Å². The van der Waals surface area contributed by atoms with E-state index in [1.807, 2.05) is 7.05 Å². The molecule has 5 nitrogen and oxygen atoms in total. The number of aromatic nitrogens is 2. The van der Waals surface area contributed by atoms with Crippen molar-refractivity contribution in [3.63, 3.8) is 0 Å². The van der Waals surface area contributed by atoms with Gasteiger partial charge in [-0.05, 0) is 23.0 Å². The molecule has 1 aromatic heterocycles. The summed E-state index contributed by atoms with van der Waals surface area (Å²) in [6, 6.07) is 0. The van der Waals surface area contributed by atoms with E-state index in [4.69, 9.17) is 4.74 Å². The van der Waals surface area contributed by atoms with Crippen LogP contribution in [-0.4, -0.2) is 42.9 Å². The van der Waals surface area contributed by atoms with Crippen LogP contribution in [0.3, 0.4) is 0 Å². The average molecular weight is 273 g/mol. The van der Waals surface area contributed by atoms with Crippen LogP contribution in [0, 0.1) is 0 Å². The van der Waals surface area contributed by atoms with Crippen molar-refractivity contribution in [2.24, 2.45) is 0 Å². The van der Waals surface area contributed by atoms with Crippen LogP contribution in [0.25, 0.3) is 0 Å². The molecule has 0 aromatic carbocycles. The lowest BCUT2D eigenvalue weighted by atomic mass is 10.3. The fourth-order valence-corrected chi connectivity index (χ4v) is 1.74. The molecule has 1 unspecified atom stereocenters. The van der Waals surface area contributed by atoms with Gasteiger partial charge in [0.25, 0.3) is 0 Å². The second-order valence-electron chi connectivity index (χ2n) is 3.27. The number of ether oxygens (including phenoxy) is 1. The van der Waals surface area contributed by atoms with E-state index in [0.29, 0.717) is 6.61 Å². The molecule has 2 rings (SSSR count). The molecule has 0 saturated carbocycles. The molecular weight excluding hydrogens is 260 g/mol. The van der Waals surface area contributed by atoms with Gasteiger partial charge in [0.2, 0.25) is 5.95 Å². The fraction of sp³-hybridized carbons (Fsp3) is 0.556. The number of rotatable bonds is 2. The van der Waals surface area contributed by atoms with Gasteiger partial charge in [0, 0.05) is 18.9 Å². The standard InChI is InChI=1S/C9H13BrN4O/c1-11-8-6-15-3-2-14(8)9-12-4-7(10)5-13-9/h4-5,8,11H,2-3,6H2,1H3. The van der Waals surface area contributed by atoms with Crippen LogP contribution in [0.1, 0.15) is 0 Å². The van der Waals surface area contributed by atoms with Crippen molar-refractivity contribution in [1.29, 1.82) is 0 Å². The van der Waals surface area contributed by atoms with Crippen LogP contribution >= 0.6 is 15.9 Å². The fourth-order valence-electron chi connectivity index (χ4n) is 1.54. The van der Waals surface area contributed by atoms with Crippen LogP contribution in [-0.2, 0) is 4.74 Å². The summed E-state index contributed by atoms with van der Waals surface area (Å²) in [5, 5.41) is 3.18. The van der Waals surface area contributed by atoms with Crippen molar-refractivity contribution >= 4 is 21.9 Å². The first-order valence-electron chi connectivity index (χ1n) is 4.80. The molecule has 1 aromatic rings. The molecule has 1 atom stereocenters. The van der Waals surface area contributed by atoms with Gasteiger partial charge in [-0.3, -0.25) is 5.32 Å². The van der Waals surface area contributed by atoms with E-state index >= 15 is 0 Å². The molecule has 0 radical (unpaired) electrons. The Kier molecular flexibility index (Phi) is 3.50. The van der Waals surface area contributed by atoms with E-state index in [1.165, 1.54) is 0 Å². The molecule has 1 saturated heterocycles. The first-order valence-corrected chi connectivity index (χ1v) is 5.60. The average Bonchev–Trinajstić information content (AvgIpc) is 2.30. The number of halogens is 1. The van der Waals surface area contributed by atoms with Gasteiger partial charge < -0.3 is 9.64 Å². The number of hydrogen-bond acceptors (Lipinski definition) is 5. The first kappa shape index (κ1) is 10.8.